The van der Waals surface area contributed by atoms with Crippen LogP contribution in [0.3, 0.4) is 0 Å². The van der Waals surface area contributed by atoms with Crippen molar-refractivity contribution >= 4 is 5.97 Å². The first-order valence-corrected chi connectivity index (χ1v) is 5.42. The summed E-state index contributed by atoms with van der Waals surface area (Å²) in [5.74, 6) is -0.623. The molecule has 0 aromatic carbocycles. The van der Waals surface area contributed by atoms with Crippen molar-refractivity contribution in [1.29, 1.82) is 0 Å². The second-order valence-electron chi connectivity index (χ2n) is 4.22. The van der Waals surface area contributed by atoms with E-state index < -0.39 is 22.9 Å². The third kappa shape index (κ3) is 3.62. The largest absolute Gasteiger partial charge is 0.507 e. The molecule has 17 heavy (non-hydrogen) atoms. The van der Waals surface area contributed by atoms with Crippen LogP contribution in [0.1, 0.15) is 36.4 Å². The molecular formula is C12H16O5. The fourth-order valence-corrected chi connectivity index (χ4v) is 1.24. The van der Waals surface area contributed by atoms with Crippen LogP contribution in [-0.2, 0) is 4.74 Å². The molecule has 0 aliphatic rings. The summed E-state index contributed by atoms with van der Waals surface area (Å²) in [5, 5.41) is 9.49. The minimum atomic E-state index is -0.878. The quantitative estimate of drug-likeness (QED) is 0.813. The number of rotatable bonds is 4. The lowest BCUT2D eigenvalue weighted by atomic mass is 10.1. The van der Waals surface area contributed by atoms with Crippen LogP contribution in [0.5, 0.6) is 5.75 Å². The Morgan fingerprint density at radius 3 is 2.71 bits per heavy atom. The van der Waals surface area contributed by atoms with Crippen LogP contribution in [0.2, 0.25) is 0 Å². The number of hydrogen-bond donors (Lipinski definition) is 1. The van der Waals surface area contributed by atoms with Crippen LogP contribution < -0.4 is 5.63 Å². The highest BCUT2D eigenvalue weighted by molar-refractivity contribution is 5.91. The maximum atomic E-state index is 11.5. The van der Waals surface area contributed by atoms with Gasteiger partial charge in [-0.1, -0.05) is 13.8 Å². The third-order valence-corrected chi connectivity index (χ3v) is 2.19. The highest BCUT2D eigenvalue weighted by atomic mass is 16.5. The molecule has 0 spiro atoms. The number of aryl methyl sites for hydroxylation is 1. The normalized spacial score (nSPS) is 10.6. The van der Waals surface area contributed by atoms with Crippen LogP contribution in [-0.4, -0.2) is 17.7 Å². The molecule has 1 rings (SSSR count). The number of aromatic hydroxyl groups is 1. The van der Waals surface area contributed by atoms with E-state index in [2.05, 4.69) is 0 Å². The van der Waals surface area contributed by atoms with E-state index in [0.29, 0.717) is 12.3 Å². The number of ether oxygens (including phenoxy) is 1. The molecule has 1 N–H and O–H groups in total. The van der Waals surface area contributed by atoms with Crippen molar-refractivity contribution in [3.8, 4) is 5.75 Å². The summed E-state index contributed by atoms with van der Waals surface area (Å²) in [6.45, 7) is 5.70. The van der Waals surface area contributed by atoms with Gasteiger partial charge >= 0.3 is 11.6 Å². The minimum absolute atomic E-state index is 0.212. The van der Waals surface area contributed by atoms with E-state index in [1.54, 1.807) is 0 Å². The summed E-state index contributed by atoms with van der Waals surface area (Å²) in [5.41, 5.74) is -1.32. The van der Waals surface area contributed by atoms with E-state index >= 15 is 0 Å². The predicted molar refractivity (Wildman–Crippen MR) is 61.1 cm³/mol. The average Bonchev–Trinajstić information content (AvgIpc) is 2.14. The Kier molecular flexibility index (Phi) is 4.31. The van der Waals surface area contributed by atoms with Gasteiger partial charge in [-0.05, 0) is 19.3 Å². The highest BCUT2D eigenvalue weighted by Crippen LogP contribution is 2.15. The number of esters is 1. The molecule has 0 saturated carbocycles. The molecule has 1 heterocycles. The Labute approximate surface area is 99.0 Å². The lowest BCUT2D eigenvalue weighted by molar-refractivity contribution is 0.0479. The van der Waals surface area contributed by atoms with Gasteiger partial charge in [0.1, 0.15) is 11.5 Å². The van der Waals surface area contributed by atoms with Gasteiger partial charge in [-0.2, -0.15) is 0 Å². The minimum Gasteiger partial charge on any atom is -0.507 e. The maximum Gasteiger partial charge on any atom is 0.354 e. The average molecular weight is 240 g/mol. The molecule has 0 fully saturated rings. The molecule has 5 nitrogen and oxygen atoms in total. The van der Waals surface area contributed by atoms with Gasteiger partial charge in [0.2, 0.25) is 0 Å². The van der Waals surface area contributed by atoms with Gasteiger partial charge in [-0.15, -0.1) is 0 Å². The Bertz CT molecular complexity index is 458. The smallest absolute Gasteiger partial charge is 0.354 e. The van der Waals surface area contributed by atoms with E-state index in [-0.39, 0.29) is 12.4 Å². The second kappa shape index (κ2) is 5.52. The van der Waals surface area contributed by atoms with Crippen LogP contribution in [0.25, 0.3) is 0 Å². The number of carbonyl (C=O) groups is 1. The van der Waals surface area contributed by atoms with E-state index in [0.717, 1.165) is 0 Å². The topological polar surface area (TPSA) is 76.7 Å². The third-order valence-electron chi connectivity index (χ3n) is 2.19. The fourth-order valence-electron chi connectivity index (χ4n) is 1.24. The Balaban J connectivity index is 2.79. The van der Waals surface area contributed by atoms with Gasteiger partial charge < -0.3 is 14.3 Å². The predicted octanol–water partition coefficient (Wildman–Crippen LogP) is 1.86. The molecule has 0 aliphatic heterocycles. The van der Waals surface area contributed by atoms with Crippen molar-refractivity contribution in [1.82, 2.24) is 0 Å². The van der Waals surface area contributed by atoms with E-state index in [1.165, 1.54) is 13.0 Å². The molecule has 94 valence electrons. The van der Waals surface area contributed by atoms with Crippen molar-refractivity contribution in [2.45, 2.75) is 27.2 Å². The number of hydrogen-bond acceptors (Lipinski definition) is 5. The lowest BCUT2D eigenvalue weighted by Gasteiger charge is -2.07. The zero-order chi connectivity index (χ0) is 13.0. The zero-order valence-electron chi connectivity index (χ0n) is 10.1. The number of carbonyl (C=O) groups excluding carboxylic acids is 1. The van der Waals surface area contributed by atoms with Crippen molar-refractivity contribution in [2.75, 3.05) is 6.61 Å². The summed E-state index contributed by atoms with van der Waals surface area (Å²) in [6, 6.07) is 1.21. The molecule has 5 heteroatoms. The summed E-state index contributed by atoms with van der Waals surface area (Å²) in [6.07, 6.45) is 0.698. The molecule has 0 saturated heterocycles. The SMILES string of the molecule is Cc1cc(O)c(C(=O)OCCC(C)C)c(=O)o1. The summed E-state index contributed by atoms with van der Waals surface area (Å²) in [7, 11) is 0. The Morgan fingerprint density at radius 1 is 1.53 bits per heavy atom. The van der Waals surface area contributed by atoms with Gasteiger partial charge in [0, 0.05) is 6.07 Å². The molecule has 0 bridgehead atoms. The molecule has 0 radical (unpaired) electrons. The lowest BCUT2D eigenvalue weighted by Crippen LogP contribution is -2.18. The van der Waals surface area contributed by atoms with Crippen molar-refractivity contribution < 1.29 is 19.1 Å². The van der Waals surface area contributed by atoms with Crippen LogP contribution >= 0.6 is 0 Å². The molecule has 1 aromatic heterocycles. The van der Waals surface area contributed by atoms with Crippen LogP contribution in [0, 0.1) is 12.8 Å². The monoisotopic (exact) mass is 240 g/mol. The van der Waals surface area contributed by atoms with Crippen molar-refractivity contribution in [3.63, 3.8) is 0 Å². The Hall–Kier alpha value is -1.78. The van der Waals surface area contributed by atoms with Crippen LogP contribution in [0.15, 0.2) is 15.3 Å². The van der Waals surface area contributed by atoms with E-state index in [1.807, 2.05) is 13.8 Å². The molecule has 0 atom stereocenters. The van der Waals surface area contributed by atoms with Gasteiger partial charge in [-0.25, -0.2) is 9.59 Å². The summed E-state index contributed by atoms with van der Waals surface area (Å²) < 4.78 is 9.60. The van der Waals surface area contributed by atoms with Crippen molar-refractivity contribution in [3.05, 3.63) is 27.8 Å². The van der Waals surface area contributed by atoms with E-state index in [9.17, 15) is 14.7 Å². The van der Waals surface area contributed by atoms with Gasteiger partial charge in [0.25, 0.3) is 0 Å². The van der Waals surface area contributed by atoms with Gasteiger partial charge in [-0.3, -0.25) is 0 Å². The summed E-state index contributed by atoms with van der Waals surface area (Å²) in [4.78, 5) is 22.9. The first kappa shape index (κ1) is 13.3. The fraction of sp³-hybridized carbons (Fsp3) is 0.500. The zero-order valence-corrected chi connectivity index (χ0v) is 10.1. The Morgan fingerprint density at radius 2 is 2.18 bits per heavy atom. The van der Waals surface area contributed by atoms with Crippen molar-refractivity contribution in [2.24, 2.45) is 5.92 Å². The molecular weight excluding hydrogens is 224 g/mol. The molecule has 0 unspecified atom stereocenters. The van der Waals surface area contributed by atoms with E-state index in [4.69, 9.17) is 9.15 Å². The molecule has 0 aliphatic carbocycles. The molecule has 0 amide bonds. The summed E-state index contributed by atoms with van der Waals surface area (Å²) >= 11 is 0. The maximum absolute atomic E-state index is 11.5. The highest BCUT2D eigenvalue weighted by Gasteiger charge is 2.19. The van der Waals surface area contributed by atoms with Gasteiger partial charge in [0.15, 0.2) is 5.56 Å². The molecule has 1 aromatic rings. The van der Waals surface area contributed by atoms with Gasteiger partial charge in [0.05, 0.1) is 6.61 Å². The first-order chi connectivity index (χ1) is 7.91. The van der Waals surface area contributed by atoms with Crippen LogP contribution in [0.4, 0.5) is 0 Å². The first-order valence-electron chi connectivity index (χ1n) is 5.42. The standard InChI is InChI=1S/C12H16O5/c1-7(2)4-5-16-11(14)10-9(13)6-8(3)17-12(10)15/h6-7,13H,4-5H2,1-3H3. The second-order valence-corrected chi connectivity index (χ2v) is 4.22.